The number of rotatable bonds is 3. The fraction of sp³-hybridized carbons (Fsp3) is 0.900. The molecule has 0 aromatic heterocycles. The largest absolute Gasteiger partial charge is 0.380 e. The number of nitrogens with zero attached hydrogens (tertiary/aromatic N) is 1. The van der Waals surface area contributed by atoms with Crippen LogP contribution in [0, 0.1) is 5.92 Å². The molecule has 1 rings (SSSR count). The van der Waals surface area contributed by atoms with E-state index in [2.05, 4.69) is 0 Å². The second-order valence-corrected chi connectivity index (χ2v) is 4.20. The van der Waals surface area contributed by atoms with Gasteiger partial charge >= 0.3 is 0 Å². The van der Waals surface area contributed by atoms with Crippen LogP contribution < -0.4 is 5.73 Å². The van der Waals surface area contributed by atoms with Gasteiger partial charge in [-0.25, -0.2) is 0 Å². The van der Waals surface area contributed by atoms with E-state index in [9.17, 15) is 4.79 Å². The van der Waals surface area contributed by atoms with E-state index in [0.29, 0.717) is 6.54 Å². The molecule has 15 heavy (non-hydrogen) atoms. The molecule has 1 aliphatic heterocycles. The van der Waals surface area contributed by atoms with Gasteiger partial charge in [0.1, 0.15) is 0 Å². The summed E-state index contributed by atoms with van der Waals surface area (Å²) in [5.41, 5.74) is 5.79. The summed E-state index contributed by atoms with van der Waals surface area (Å²) in [5, 5.41) is 0. The molecule has 1 heterocycles. The van der Waals surface area contributed by atoms with Crippen molar-refractivity contribution < 1.29 is 9.53 Å². The van der Waals surface area contributed by atoms with Crippen LogP contribution in [0.15, 0.2) is 0 Å². The molecule has 1 unspecified atom stereocenters. The molecular weight excluding hydrogens is 216 g/mol. The molecule has 1 amide bonds. The van der Waals surface area contributed by atoms with Crippen molar-refractivity contribution in [3.8, 4) is 0 Å². The number of hydrogen-bond donors (Lipinski definition) is 1. The lowest BCUT2D eigenvalue weighted by atomic mass is 10.0. The standard InChI is InChI=1S/C10H20N2O2.ClH/c1-7(2)9(11)10(13)12-5-4-8(6-12)14-3;/h7-9H,4-6,11H2,1-3H3;1H/t8-,9?;/m0./s1. The molecule has 1 fully saturated rings. The number of nitrogens with two attached hydrogens (primary N) is 1. The summed E-state index contributed by atoms with van der Waals surface area (Å²) in [4.78, 5) is 13.6. The number of hydrogen-bond acceptors (Lipinski definition) is 3. The number of likely N-dealkylation sites (tertiary alicyclic amines) is 1. The van der Waals surface area contributed by atoms with Crippen molar-refractivity contribution in [1.82, 2.24) is 4.90 Å². The van der Waals surface area contributed by atoms with E-state index in [1.165, 1.54) is 0 Å². The van der Waals surface area contributed by atoms with Gasteiger partial charge in [0.15, 0.2) is 0 Å². The first kappa shape index (κ1) is 14.7. The molecule has 0 saturated carbocycles. The van der Waals surface area contributed by atoms with Crippen LogP contribution in [0.2, 0.25) is 0 Å². The molecule has 5 heteroatoms. The van der Waals surface area contributed by atoms with Gasteiger partial charge in [-0.3, -0.25) is 4.79 Å². The monoisotopic (exact) mass is 236 g/mol. The number of amides is 1. The highest BCUT2D eigenvalue weighted by atomic mass is 35.5. The average molecular weight is 237 g/mol. The second-order valence-electron chi connectivity index (χ2n) is 4.20. The van der Waals surface area contributed by atoms with Crippen LogP contribution in [0.5, 0.6) is 0 Å². The number of carbonyl (C=O) groups excluding carboxylic acids is 1. The lowest BCUT2D eigenvalue weighted by molar-refractivity contribution is -0.132. The van der Waals surface area contributed by atoms with Gasteiger partial charge in [0.25, 0.3) is 0 Å². The molecule has 90 valence electrons. The highest BCUT2D eigenvalue weighted by Gasteiger charge is 2.30. The van der Waals surface area contributed by atoms with Crippen LogP contribution in [0.1, 0.15) is 20.3 Å². The third-order valence-electron chi connectivity index (χ3n) is 2.79. The highest BCUT2D eigenvalue weighted by Crippen LogP contribution is 2.14. The Kier molecular flexibility index (Phi) is 6.17. The Morgan fingerprint density at radius 2 is 2.13 bits per heavy atom. The van der Waals surface area contributed by atoms with Crippen LogP contribution in [-0.4, -0.2) is 43.2 Å². The Morgan fingerprint density at radius 3 is 2.53 bits per heavy atom. The van der Waals surface area contributed by atoms with Crippen LogP contribution in [0.3, 0.4) is 0 Å². The van der Waals surface area contributed by atoms with Crippen molar-refractivity contribution in [1.29, 1.82) is 0 Å². The van der Waals surface area contributed by atoms with Gasteiger partial charge in [-0.05, 0) is 12.3 Å². The summed E-state index contributed by atoms with van der Waals surface area (Å²) >= 11 is 0. The maximum atomic E-state index is 11.8. The van der Waals surface area contributed by atoms with Crippen molar-refractivity contribution in [2.24, 2.45) is 11.7 Å². The van der Waals surface area contributed by atoms with Crippen molar-refractivity contribution in [3.63, 3.8) is 0 Å². The summed E-state index contributed by atoms with van der Waals surface area (Å²) in [6, 6.07) is -0.370. The summed E-state index contributed by atoms with van der Waals surface area (Å²) in [6.07, 6.45) is 1.12. The van der Waals surface area contributed by atoms with Crippen molar-refractivity contribution >= 4 is 18.3 Å². The smallest absolute Gasteiger partial charge is 0.239 e. The molecule has 2 N–H and O–H groups in total. The maximum absolute atomic E-state index is 11.8. The Balaban J connectivity index is 0.00000196. The maximum Gasteiger partial charge on any atom is 0.239 e. The fourth-order valence-electron chi connectivity index (χ4n) is 1.62. The van der Waals surface area contributed by atoms with Gasteiger partial charge in [0.2, 0.25) is 5.91 Å². The quantitative estimate of drug-likeness (QED) is 0.783. The fourth-order valence-corrected chi connectivity index (χ4v) is 1.62. The molecular formula is C10H21ClN2O2. The minimum atomic E-state index is -0.370. The zero-order valence-electron chi connectivity index (χ0n) is 9.60. The van der Waals surface area contributed by atoms with Crippen molar-refractivity contribution in [3.05, 3.63) is 0 Å². The molecule has 0 radical (unpaired) electrons. The molecule has 0 aromatic carbocycles. The van der Waals surface area contributed by atoms with Gasteiger partial charge in [-0.15, -0.1) is 12.4 Å². The van der Waals surface area contributed by atoms with E-state index in [1.807, 2.05) is 13.8 Å². The average Bonchev–Trinajstić information content (AvgIpc) is 2.63. The minimum Gasteiger partial charge on any atom is -0.380 e. The Morgan fingerprint density at radius 1 is 1.53 bits per heavy atom. The normalized spacial score (nSPS) is 22.7. The molecule has 4 nitrogen and oxygen atoms in total. The molecule has 0 bridgehead atoms. The van der Waals surface area contributed by atoms with E-state index in [-0.39, 0.29) is 36.4 Å². The SMILES string of the molecule is CO[C@H]1CCN(C(=O)C(N)C(C)C)C1.Cl. The van der Waals surface area contributed by atoms with E-state index >= 15 is 0 Å². The Hall–Kier alpha value is -0.320. The van der Waals surface area contributed by atoms with Gasteiger partial charge < -0.3 is 15.4 Å². The lowest BCUT2D eigenvalue weighted by Gasteiger charge is -2.22. The Bertz CT molecular complexity index is 212. The van der Waals surface area contributed by atoms with Crippen LogP contribution in [-0.2, 0) is 9.53 Å². The van der Waals surface area contributed by atoms with Gasteiger partial charge in [-0.2, -0.15) is 0 Å². The number of methoxy groups -OCH3 is 1. The van der Waals surface area contributed by atoms with Crippen molar-refractivity contribution in [2.75, 3.05) is 20.2 Å². The minimum absolute atomic E-state index is 0. The predicted octanol–water partition coefficient (Wildman–Crippen LogP) is 0.639. The second kappa shape index (κ2) is 6.30. The van der Waals surface area contributed by atoms with E-state index in [0.717, 1.165) is 13.0 Å². The van der Waals surface area contributed by atoms with E-state index < -0.39 is 0 Å². The Labute approximate surface area is 97.5 Å². The number of halogens is 1. The summed E-state index contributed by atoms with van der Waals surface area (Å²) in [7, 11) is 1.68. The van der Waals surface area contributed by atoms with Crippen LogP contribution in [0.4, 0.5) is 0 Å². The first-order chi connectivity index (χ1) is 6.56. The van der Waals surface area contributed by atoms with Crippen molar-refractivity contribution in [2.45, 2.75) is 32.4 Å². The number of carbonyl (C=O) groups is 1. The predicted molar refractivity (Wildman–Crippen MR) is 62.1 cm³/mol. The third-order valence-corrected chi connectivity index (χ3v) is 2.79. The summed E-state index contributed by atoms with van der Waals surface area (Å²) in [5.74, 6) is 0.253. The molecule has 2 atom stereocenters. The highest BCUT2D eigenvalue weighted by molar-refractivity contribution is 5.85. The van der Waals surface area contributed by atoms with Gasteiger partial charge in [-0.1, -0.05) is 13.8 Å². The molecule has 0 spiro atoms. The first-order valence-electron chi connectivity index (χ1n) is 5.13. The molecule has 0 aromatic rings. The van der Waals surface area contributed by atoms with E-state index in [1.54, 1.807) is 12.0 Å². The zero-order chi connectivity index (χ0) is 10.7. The topological polar surface area (TPSA) is 55.6 Å². The number of ether oxygens (including phenoxy) is 1. The summed E-state index contributed by atoms with van der Waals surface area (Å²) < 4.78 is 5.20. The van der Waals surface area contributed by atoms with Crippen LogP contribution in [0.25, 0.3) is 0 Å². The van der Waals surface area contributed by atoms with Gasteiger partial charge in [0, 0.05) is 20.2 Å². The molecule has 1 aliphatic rings. The van der Waals surface area contributed by atoms with E-state index in [4.69, 9.17) is 10.5 Å². The molecule has 0 aliphatic carbocycles. The first-order valence-corrected chi connectivity index (χ1v) is 5.13. The van der Waals surface area contributed by atoms with Gasteiger partial charge in [0.05, 0.1) is 12.1 Å². The zero-order valence-corrected chi connectivity index (χ0v) is 10.4. The summed E-state index contributed by atoms with van der Waals surface area (Å²) in [6.45, 7) is 5.40. The third kappa shape index (κ3) is 3.63. The van der Waals surface area contributed by atoms with Crippen LogP contribution >= 0.6 is 12.4 Å². The lowest BCUT2D eigenvalue weighted by Crippen LogP contribution is -2.45. The molecule has 1 saturated heterocycles.